The van der Waals surface area contributed by atoms with E-state index in [0.29, 0.717) is 11.4 Å². The quantitative estimate of drug-likeness (QED) is 0.781. The third-order valence-electron chi connectivity index (χ3n) is 3.87. The van der Waals surface area contributed by atoms with Crippen molar-refractivity contribution in [2.75, 3.05) is 31.6 Å². The molecule has 1 saturated heterocycles. The second-order valence-corrected chi connectivity index (χ2v) is 5.81. The Morgan fingerprint density at radius 2 is 2.16 bits per heavy atom. The standard InChI is InChI=1S/C15H22BrFN2/c1-3-13-11-18(2)8-5-9-19(13)15-12(10-16)6-4-7-14(15)17/h4,6-7,13H,3,5,8-11H2,1-2H3. The van der Waals surface area contributed by atoms with E-state index >= 15 is 0 Å². The van der Waals surface area contributed by atoms with Gasteiger partial charge in [0.1, 0.15) is 5.82 Å². The van der Waals surface area contributed by atoms with E-state index in [1.54, 1.807) is 12.1 Å². The smallest absolute Gasteiger partial charge is 0.146 e. The molecule has 19 heavy (non-hydrogen) atoms. The lowest BCUT2D eigenvalue weighted by Gasteiger charge is -2.33. The summed E-state index contributed by atoms with van der Waals surface area (Å²) in [6.45, 7) is 5.22. The molecule has 1 aromatic rings. The molecule has 2 nitrogen and oxygen atoms in total. The minimum atomic E-state index is -0.0973. The Bertz CT molecular complexity index is 425. The van der Waals surface area contributed by atoms with Crippen LogP contribution in [0.1, 0.15) is 25.3 Å². The van der Waals surface area contributed by atoms with Gasteiger partial charge in [0.15, 0.2) is 0 Å². The first-order valence-corrected chi connectivity index (χ1v) is 8.08. The van der Waals surface area contributed by atoms with Crippen molar-refractivity contribution in [1.82, 2.24) is 4.90 Å². The minimum Gasteiger partial charge on any atom is -0.365 e. The van der Waals surface area contributed by atoms with E-state index in [0.717, 1.165) is 43.7 Å². The van der Waals surface area contributed by atoms with Gasteiger partial charge in [0.25, 0.3) is 0 Å². The number of hydrogen-bond donors (Lipinski definition) is 0. The highest BCUT2D eigenvalue weighted by molar-refractivity contribution is 9.08. The molecule has 1 aromatic carbocycles. The second-order valence-electron chi connectivity index (χ2n) is 5.25. The van der Waals surface area contributed by atoms with Gasteiger partial charge in [0.05, 0.1) is 5.69 Å². The Balaban J connectivity index is 2.37. The first-order valence-electron chi connectivity index (χ1n) is 6.96. The van der Waals surface area contributed by atoms with Gasteiger partial charge in [-0.1, -0.05) is 35.0 Å². The van der Waals surface area contributed by atoms with Gasteiger partial charge in [0.2, 0.25) is 0 Å². The molecular weight excluding hydrogens is 307 g/mol. The number of para-hydroxylation sites is 1. The Kier molecular flexibility index (Phi) is 5.22. The predicted octanol–water partition coefficient (Wildman–Crippen LogP) is 3.64. The molecule has 1 atom stereocenters. The topological polar surface area (TPSA) is 6.48 Å². The highest BCUT2D eigenvalue weighted by Gasteiger charge is 2.25. The van der Waals surface area contributed by atoms with Gasteiger partial charge in [-0.05, 0) is 38.1 Å². The van der Waals surface area contributed by atoms with Crippen LogP contribution in [0.5, 0.6) is 0 Å². The molecule has 1 unspecified atom stereocenters. The fraction of sp³-hybridized carbons (Fsp3) is 0.600. The number of nitrogens with zero attached hydrogens (tertiary/aromatic N) is 2. The number of rotatable bonds is 3. The SMILES string of the molecule is CCC1CN(C)CCCN1c1c(F)cccc1CBr. The van der Waals surface area contributed by atoms with Gasteiger partial charge in [-0.2, -0.15) is 0 Å². The molecule has 0 aliphatic carbocycles. The van der Waals surface area contributed by atoms with Crippen molar-refractivity contribution in [2.45, 2.75) is 31.1 Å². The molecule has 0 bridgehead atoms. The summed E-state index contributed by atoms with van der Waals surface area (Å²) in [6.07, 6.45) is 2.13. The zero-order valence-corrected chi connectivity index (χ0v) is 13.3. The number of halogens is 2. The summed E-state index contributed by atoms with van der Waals surface area (Å²) in [5.74, 6) is -0.0973. The molecule has 4 heteroatoms. The predicted molar refractivity (Wildman–Crippen MR) is 82.6 cm³/mol. The Morgan fingerprint density at radius 1 is 1.37 bits per heavy atom. The zero-order valence-electron chi connectivity index (χ0n) is 11.7. The molecular formula is C15H22BrFN2. The molecule has 2 rings (SSSR count). The molecule has 1 aliphatic rings. The third-order valence-corrected chi connectivity index (χ3v) is 4.48. The van der Waals surface area contributed by atoms with Crippen LogP contribution in [0.2, 0.25) is 0 Å². The molecule has 0 aromatic heterocycles. The van der Waals surface area contributed by atoms with Crippen LogP contribution in [0.3, 0.4) is 0 Å². The average molecular weight is 329 g/mol. The summed E-state index contributed by atoms with van der Waals surface area (Å²) in [6, 6.07) is 5.76. The Labute approximate surface area is 123 Å². The molecule has 0 spiro atoms. The maximum atomic E-state index is 14.3. The fourth-order valence-corrected chi connectivity index (χ4v) is 3.33. The minimum absolute atomic E-state index is 0.0973. The van der Waals surface area contributed by atoms with Crippen LogP contribution in [0, 0.1) is 5.82 Å². The van der Waals surface area contributed by atoms with Gasteiger partial charge >= 0.3 is 0 Å². The molecule has 106 valence electrons. The van der Waals surface area contributed by atoms with Crippen LogP contribution in [-0.2, 0) is 5.33 Å². The van der Waals surface area contributed by atoms with Crippen molar-refractivity contribution in [3.8, 4) is 0 Å². The highest BCUT2D eigenvalue weighted by atomic mass is 79.9. The van der Waals surface area contributed by atoms with Crippen molar-refractivity contribution < 1.29 is 4.39 Å². The Morgan fingerprint density at radius 3 is 2.84 bits per heavy atom. The fourth-order valence-electron chi connectivity index (χ4n) is 2.88. The van der Waals surface area contributed by atoms with Crippen molar-refractivity contribution in [1.29, 1.82) is 0 Å². The summed E-state index contributed by atoms with van der Waals surface area (Å²) in [5.41, 5.74) is 1.84. The monoisotopic (exact) mass is 328 g/mol. The van der Waals surface area contributed by atoms with E-state index in [1.165, 1.54) is 0 Å². The Hall–Kier alpha value is -0.610. The van der Waals surface area contributed by atoms with E-state index in [9.17, 15) is 4.39 Å². The van der Waals surface area contributed by atoms with Gasteiger partial charge in [-0.3, -0.25) is 0 Å². The van der Waals surface area contributed by atoms with Gasteiger partial charge < -0.3 is 9.80 Å². The van der Waals surface area contributed by atoms with Crippen LogP contribution < -0.4 is 4.90 Å². The van der Waals surface area contributed by atoms with Crippen LogP contribution in [0.25, 0.3) is 0 Å². The molecule has 0 amide bonds. The number of alkyl halides is 1. The van der Waals surface area contributed by atoms with Gasteiger partial charge in [-0.15, -0.1) is 0 Å². The first-order chi connectivity index (χ1) is 9.17. The van der Waals surface area contributed by atoms with Gasteiger partial charge in [0, 0.05) is 24.5 Å². The highest BCUT2D eigenvalue weighted by Crippen LogP contribution is 2.30. The molecule has 1 fully saturated rings. The average Bonchev–Trinajstić information content (AvgIpc) is 2.59. The third kappa shape index (κ3) is 3.29. The van der Waals surface area contributed by atoms with Crippen molar-refractivity contribution in [2.24, 2.45) is 0 Å². The van der Waals surface area contributed by atoms with Crippen LogP contribution >= 0.6 is 15.9 Å². The summed E-state index contributed by atoms with van der Waals surface area (Å²) in [5, 5.41) is 0.697. The molecule has 0 saturated carbocycles. The lowest BCUT2D eigenvalue weighted by molar-refractivity contribution is 0.327. The zero-order chi connectivity index (χ0) is 13.8. The number of anilines is 1. The number of likely N-dealkylation sites (N-methyl/N-ethyl adjacent to an activating group) is 1. The first kappa shape index (κ1) is 14.8. The van der Waals surface area contributed by atoms with E-state index < -0.39 is 0 Å². The molecule has 0 N–H and O–H groups in total. The summed E-state index contributed by atoms with van der Waals surface area (Å²) >= 11 is 3.48. The molecule has 0 radical (unpaired) electrons. The lowest BCUT2D eigenvalue weighted by Crippen LogP contribution is -2.40. The molecule has 1 aliphatic heterocycles. The van der Waals surface area contributed by atoms with Crippen LogP contribution in [0.15, 0.2) is 18.2 Å². The second kappa shape index (κ2) is 6.71. The lowest BCUT2D eigenvalue weighted by atomic mass is 10.1. The largest absolute Gasteiger partial charge is 0.365 e. The molecule has 1 heterocycles. The maximum absolute atomic E-state index is 14.3. The van der Waals surface area contributed by atoms with Crippen molar-refractivity contribution in [3.05, 3.63) is 29.6 Å². The number of hydrogen-bond acceptors (Lipinski definition) is 2. The van der Waals surface area contributed by atoms with E-state index in [1.807, 2.05) is 6.07 Å². The summed E-state index contributed by atoms with van der Waals surface area (Å²) < 4.78 is 14.3. The van der Waals surface area contributed by atoms with Crippen LogP contribution in [-0.4, -0.2) is 37.6 Å². The number of benzene rings is 1. The van der Waals surface area contributed by atoms with Crippen molar-refractivity contribution in [3.63, 3.8) is 0 Å². The van der Waals surface area contributed by atoms with E-state index in [2.05, 4.69) is 39.7 Å². The summed E-state index contributed by atoms with van der Waals surface area (Å²) in [7, 11) is 2.15. The maximum Gasteiger partial charge on any atom is 0.146 e. The van der Waals surface area contributed by atoms with Crippen LogP contribution in [0.4, 0.5) is 10.1 Å². The van der Waals surface area contributed by atoms with Gasteiger partial charge in [-0.25, -0.2) is 4.39 Å². The summed E-state index contributed by atoms with van der Waals surface area (Å²) in [4.78, 5) is 4.62. The van der Waals surface area contributed by atoms with E-state index in [4.69, 9.17) is 0 Å². The normalized spacial score (nSPS) is 21.5. The van der Waals surface area contributed by atoms with Crippen molar-refractivity contribution >= 4 is 21.6 Å². The van der Waals surface area contributed by atoms with E-state index in [-0.39, 0.29) is 5.82 Å².